The maximum Gasteiger partial charge on any atom is 0.225 e. The summed E-state index contributed by atoms with van der Waals surface area (Å²) in [5.74, 6) is -0.265. The fourth-order valence-electron chi connectivity index (χ4n) is 4.24. The number of ether oxygens (including phenoxy) is 1. The molecule has 0 radical (unpaired) electrons. The van der Waals surface area contributed by atoms with Crippen LogP contribution in [0.5, 0.6) is 0 Å². The van der Waals surface area contributed by atoms with Crippen molar-refractivity contribution in [1.82, 2.24) is 20.0 Å². The molecule has 1 N–H and O–H groups in total. The van der Waals surface area contributed by atoms with E-state index in [9.17, 15) is 9.59 Å². The van der Waals surface area contributed by atoms with E-state index in [0.29, 0.717) is 32.5 Å². The molecule has 7 nitrogen and oxygen atoms in total. The van der Waals surface area contributed by atoms with Crippen molar-refractivity contribution in [2.75, 3.05) is 20.3 Å². The maximum atomic E-state index is 13.3. The summed E-state index contributed by atoms with van der Waals surface area (Å²) >= 11 is 0. The molecule has 1 aromatic carbocycles. The summed E-state index contributed by atoms with van der Waals surface area (Å²) in [7, 11) is 3.53. The Morgan fingerprint density at radius 3 is 2.53 bits per heavy atom. The van der Waals surface area contributed by atoms with Gasteiger partial charge in [0.25, 0.3) is 0 Å². The van der Waals surface area contributed by atoms with E-state index in [4.69, 9.17) is 4.74 Å². The minimum atomic E-state index is -0.306. The van der Waals surface area contributed by atoms with Crippen molar-refractivity contribution in [1.29, 1.82) is 0 Å². The quantitative estimate of drug-likeness (QED) is 0.758. The van der Waals surface area contributed by atoms with Crippen molar-refractivity contribution in [2.45, 2.75) is 46.2 Å². The fraction of sp³-hybridized carbons (Fsp3) is 0.522. The number of nitrogens with zero attached hydrogens (tertiary/aromatic N) is 3. The van der Waals surface area contributed by atoms with E-state index in [2.05, 4.69) is 10.4 Å². The first-order valence-electron chi connectivity index (χ1n) is 10.4. The molecule has 1 saturated heterocycles. The molecule has 0 spiro atoms. The topological polar surface area (TPSA) is 76.5 Å². The maximum absolute atomic E-state index is 13.3. The molecule has 0 unspecified atom stereocenters. The number of hydrogen-bond acceptors (Lipinski definition) is 4. The van der Waals surface area contributed by atoms with E-state index in [0.717, 1.165) is 28.1 Å². The summed E-state index contributed by atoms with van der Waals surface area (Å²) in [6, 6.07) is 7.81. The number of hydrogen-bond donors (Lipinski definition) is 1. The lowest BCUT2D eigenvalue weighted by Crippen LogP contribution is -2.49. The monoisotopic (exact) mass is 412 g/mol. The van der Waals surface area contributed by atoms with Crippen LogP contribution in [-0.2, 0) is 27.9 Å². The Morgan fingerprint density at radius 1 is 1.23 bits per heavy atom. The number of aromatic nitrogens is 2. The molecule has 1 fully saturated rings. The van der Waals surface area contributed by atoms with E-state index < -0.39 is 0 Å². The third-order valence-electron chi connectivity index (χ3n) is 6.10. The molecule has 2 heterocycles. The minimum Gasteiger partial charge on any atom is -0.383 e. The van der Waals surface area contributed by atoms with Gasteiger partial charge in [0.2, 0.25) is 11.8 Å². The highest BCUT2D eigenvalue weighted by Crippen LogP contribution is 2.37. The van der Waals surface area contributed by atoms with Crippen molar-refractivity contribution in [2.24, 2.45) is 13.0 Å². The predicted molar refractivity (Wildman–Crippen MR) is 115 cm³/mol. The Bertz CT molecular complexity index is 904. The average molecular weight is 413 g/mol. The second-order valence-corrected chi connectivity index (χ2v) is 8.07. The third-order valence-corrected chi connectivity index (χ3v) is 6.10. The third kappa shape index (κ3) is 4.56. The number of piperidine rings is 1. The van der Waals surface area contributed by atoms with Gasteiger partial charge < -0.3 is 15.0 Å². The Balaban J connectivity index is 1.84. The van der Waals surface area contributed by atoms with Crippen LogP contribution in [0.3, 0.4) is 0 Å². The van der Waals surface area contributed by atoms with Gasteiger partial charge in [-0.1, -0.05) is 29.8 Å². The highest BCUT2D eigenvalue weighted by molar-refractivity contribution is 5.85. The lowest BCUT2D eigenvalue weighted by Gasteiger charge is -2.40. The Kier molecular flexibility index (Phi) is 6.92. The fourth-order valence-corrected chi connectivity index (χ4v) is 4.24. The van der Waals surface area contributed by atoms with Crippen LogP contribution < -0.4 is 5.32 Å². The zero-order chi connectivity index (χ0) is 21.8. The van der Waals surface area contributed by atoms with Crippen LogP contribution in [0.4, 0.5) is 0 Å². The van der Waals surface area contributed by atoms with Crippen LogP contribution in [0, 0.1) is 26.7 Å². The van der Waals surface area contributed by atoms with Crippen molar-refractivity contribution >= 4 is 11.8 Å². The van der Waals surface area contributed by atoms with E-state index in [1.807, 2.05) is 61.7 Å². The second-order valence-electron chi connectivity index (χ2n) is 8.07. The van der Waals surface area contributed by atoms with Gasteiger partial charge in [-0.05, 0) is 32.8 Å². The van der Waals surface area contributed by atoms with E-state index >= 15 is 0 Å². The van der Waals surface area contributed by atoms with E-state index in [1.165, 1.54) is 0 Å². The SMILES string of the molecule is COCCN1C(=O)CC[C@@H](C(=O)NCc2c(C)nn(C)c2C)[C@H]1c1ccc(C)cc1. The number of carbonyl (C=O) groups excluding carboxylic acids is 2. The molecule has 0 aliphatic carbocycles. The normalized spacial score (nSPS) is 19.2. The lowest BCUT2D eigenvalue weighted by atomic mass is 9.83. The number of benzene rings is 1. The molecule has 0 saturated carbocycles. The first-order chi connectivity index (χ1) is 14.3. The van der Waals surface area contributed by atoms with Crippen LogP contribution in [0.2, 0.25) is 0 Å². The summed E-state index contributed by atoms with van der Waals surface area (Å²) in [6.45, 7) is 7.33. The molecule has 0 bridgehead atoms. The summed E-state index contributed by atoms with van der Waals surface area (Å²) < 4.78 is 7.05. The van der Waals surface area contributed by atoms with Crippen LogP contribution in [-0.4, -0.2) is 46.8 Å². The molecular weight excluding hydrogens is 380 g/mol. The van der Waals surface area contributed by atoms with Gasteiger partial charge in [0.05, 0.1) is 24.3 Å². The molecule has 7 heteroatoms. The van der Waals surface area contributed by atoms with E-state index in [-0.39, 0.29) is 23.8 Å². The van der Waals surface area contributed by atoms with Gasteiger partial charge in [0.1, 0.15) is 0 Å². The first-order valence-corrected chi connectivity index (χ1v) is 10.4. The van der Waals surface area contributed by atoms with E-state index in [1.54, 1.807) is 7.11 Å². The first kappa shape index (κ1) is 22.0. The molecule has 30 heavy (non-hydrogen) atoms. The molecule has 162 valence electrons. The highest BCUT2D eigenvalue weighted by atomic mass is 16.5. The van der Waals surface area contributed by atoms with Gasteiger partial charge in [-0.15, -0.1) is 0 Å². The Morgan fingerprint density at radius 2 is 1.93 bits per heavy atom. The lowest BCUT2D eigenvalue weighted by molar-refractivity contribution is -0.144. The van der Waals surface area contributed by atoms with Crippen LogP contribution >= 0.6 is 0 Å². The molecular formula is C23H32N4O3. The minimum absolute atomic E-state index is 0.0295. The number of nitrogens with one attached hydrogen (secondary N) is 1. The van der Waals surface area contributed by atoms with Gasteiger partial charge in [-0.25, -0.2) is 0 Å². The standard InChI is InChI=1S/C23H32N4O3/c1-15-6-8-18(9-7-15)22-19(10-11-21(28)27(22)12-13-30-5)23(29)24-14-20-16(2)25-26(4)17(20)3/h6-9,19,22H,10-14H2,1-5H3,(H,24,29)/t19-,22-/m1/s1. The molecule has 1 aliphatic heterocycles. The van der Waals surface area contributed by atoms with Gasteiger partial charge in [-0.3, -0.25) is 14.3 Å². The zero-order valence-electron chi connectivity index (χ0n) is 18.6. The van der Waals surface area contributed by atoms with Crippen molar-refractivity contribution in [3.05, 3.63) is 52.3 Å². The number of likely N-dealkylation sites (tertiary alicyclic amines) is 1. The Labute approximate surface area is 178 Å². The Hall–Kier alpha value is -2.67. The largest absolute Gasteiger partial charge is 0.383 e. The second kappa shape index (κ2) is 9.43. The summed E-state index contributed by atoms with van der Waals surface area (Å²) in [5, 5.41) is 7.53. The summed E-state index contributed by atoms with van der Waals surface area (Å²) in [6.07, 6.45) is 0.910. The number of rotatable bonds is 7. The van der Waals surface area contributed by atoms with Gasteiger partial charge in [-0.2, -0.15) is 5.10 Å². The van der Waals surface area contributed by atoms with Crippen LogP contribution in [0.15, 0.2) is 24.3 Å². The number of aryl methyl sites for hydroxylation is 3. The van der Waals surface area contributed by atoms with Crippen molar-refractivity contribution in [3.63, 3.8) is 0 Å². The van der Waals surface area contributed by atoms with Gasteiger partial charge in [0.15, 0.2) is 0 Å². The molecule has 3 rings (SSSR count). The molecule has 2 aromatic rings. The number of carbonyl (C=O) groups is 2. The molecule has 2 amide bonds. The smallest absolute Gasteiger partial charge is 0.225 e. The molecule has 2 atom stereocenters. The predicted octanol–water partition coefficient (Wildman–Crippen LogP) is 2.59. The number of methoxy groups -OCH3 is 1. The zero-order valence-corrected chi connectivity index (χ0v) is 18.6. The number of amides is 2. The van der Waals surface area contributed by atoms with Crippen LogP contribution in [0.1, 0.15) is 47.0 Å². The van der Waals surface area contributed by atoms with Crippen LogP contribution in [0.25, 0.3) is 0 Å². The summed E-state index contributed by atoms with van der Waals surface area (Å²) in [5.41, 5.74) is 5.14. The average Bonchev–Trinajstić information content (AvgIpc) is 2.97. The van der Waals surface area contributed by atoms with Crippen molar-refractivity contribution < 1.29 is 14.3 Å². The summed E-state index contributed by atoms with van der Waals surface area (Å²) in [4.78, 5) is 27.8. The highest BCUT2D eigenvalue weighted by Gasteiger charge is 2.40. The van der Waals surface area contributed by atoms with Gasteiger partial charge in [0, 0.05) is 44.9 Å². The molecule has 1 aromatic heterocycles. The molecule has 1 aliphatic rings. The van der Waals surface area contributed by atoms with Crippen molar-refractivity contribution in [3.8, 4) is 0 Å². The van der Waals surface area contributed by atoms with Gasteiger partial charge >= 0.3 is 0 Å².